The van der Waals surface area contributed by atoms with Crippen LogP contribution in [0.3, 0.4) is 0 Å². The Bertz CT molecular complexity index is 1760. The number of para-hydroxylation sites is 2. The van der Waals surface area contributed by atoms with E-state index in [1.807, 2.05) is 0 Å². The maximum Gasteiger partial charge on any atom is 0.0464 e. The number of hydrogen-bond acceptors (Lipinski definition) is 4. The van der Waals surface area contributed by atoms with Gasteiger partial charge < -0.3 is 21.3 Å². The molecule has 0 heterocycles. The van der Waals surface area contributed by atoms with E-state index in [4.69, 9.17) is 11.5 Å². The predicted octanol–water partition coefficient (Wildman–Crippen LogP) is 9.39. The Hall–Kier alpha value is -5.16. The molecule has 6 aromatic rings. The molecule has 4 heteroatoms. The van der Waals surface area contributed by atoms with Crippen molar-refractivity contribution in [3.8, 4) is 11.1 Å². The van der Waals surface area contributed by atoms with Gasteiger partial charge in [-0.3, -0.25) is 0 Å². The van der Waals surface area contributed by atoms with Gasteiger partial charge >= 0.3 is 0 Å². The van der Waals surface area contributed by atoms with Crippen LogP contribution >= 0.6 is 0 Å². The van der Waals surface area contributed by atoms with E-state index in [1.165, 1.54) is 44.8 Å². The Kier molecular flexibility index (Phi) is 8.64. The molecular formula is C42H40N4. The summed E-state index contributed by atoms with van der Waals surface area (Å²) >= 11 is 0. The van der Waals surface area contributed by atoms with E-state index in [9.17, 15) is 0 Å². The summed E-state index contributed by atoms with van der Waals surface area (Å²) in [6.45, 7) is 1.31. The summed E-state index contributed by atoms with van der Waals surface area (Å²) in [5, 5.41) is 0. The molecule has 0 spiro atoms. The first-order valence-corrected chi connectivity index (χ1v) is 16.3. The van der Waals surface area contributed by atoms with E-state index >= 15 is 0 Å². The maximum absolute atomic E-state index is 5.81. The lowest BCUT2D eigenvalue weighted by Gasteiger charge is -2.29. The highest BCUT2D eigenvalue weighted by Gasteiger charge is 2.21. The lowest BCUT2D eigenvalue weighted by molar-refractivity contribution is 0.940. The first-order chi connectivity index (χ1) is 22.7. The Morgan fingerprint density at radius 2 is 0.739 bits per heavy atom. The zero-order chi connectivity index (χ0) is 31.3. The fourth-order valence-electron chi connectivity index (χ4n) is 6.65. The van der Waals surface area contributed by atoms with Gasteiger partial charge in [0, 0.05) is 34.1 Å². The molecule has 228 valence electrons. The van der Waals surface area contributed by atoms with Crippen LogP contribution in [0, 0.1) is 0 Å². The minimum Gasteiger partial charge on any atom is -0.330 e. The molecule has 4 N–H and O–H groups in total. The largest absolute Gasteiger partial charge is 0.330 e. The molecule has 0 bridgehead atoms. The van der Waals surface area contributed by atoms with Gasteiger partial charge in [0.1, 0.15) is 0 Å². The van der Waals surface area contributed by atoms with Crippen LogP contribution in [-0.2, 0) is 25.7 Å². The van der Waals surface area contributed by atoms with Crippen molar-refractivity contribution in [2.75, 3.05) is 22.9 Å². The molecule has 0 unspecified atom stereocenters. The van der Waals surface area contributed by atoms with E-state index < -0.39 is 0 Å². The number of aryl methyl sites for hydroxylation is 2. The van der Waals surface area contributed by atoms with Gasteiger partial charge in [-0.05, 0) is 145 Å². The summed E-state index contributed by atoms with van der Waals surface area (Å²) in [5.74, 6) is 0. The fraction of sp³-hybridized carbons (Fsp3) is 0.143. The van der Waals surface area contributed by atoms with E-state index in [0.717, 1.165) is 48.4 Å². The number of anilines is 6. The van der Waals surface area contributed by atoms with Crippen molar-refractivity contribution in [3.05, 3.63) is 168 Å². The van der Waals surface area contributed by atoms with Crippen molar-refractivity contribution in [2.45, 2.75) is 25.7 Å². The lowest BCUT2D eigenvalue weighted by atomic mass is 9.85. The molecule has 1 aliphatic carbocycles. The predicted molar refractivity (Wildman–Crippen MR) is 194 cm³/mol. The topological polar surface area (TPSA) is 58.5 Å². The molecule has 0 amide bonds. The zero-order valence-electron chi connectivity index (χ0n) is 26.1. The van der Waals surface area contributed by atoms with E-state index in [0.29, 0.717) is 13.1 Å². The van der Waals surface area contributed by atoms with Gasteiger partial charge in [0.05, 0.1) is 0 Å². The summed E-state index contributed by atoms with van der Waals surface area (Å²) in [5.41, 5.74) is 26.5. The van der Waals surface area contributed by atoms with Gasteiger partial charge in [-0.25, -0.2) is 0 Å². The molecule has 1 aliphatic rings. The molecule has 0 aliphatic heterocycles. The second-order valence-corrected chi connectivity index (χ2v) is 11.9. The van der Waals surface area contributed by atoms with Crippen molar-refractivity contribution < 1.29 is 0 Å². The van der Waals surface area contributed by atoms with Crippen LogP contribution in [0.25, 0.3) is 11.1 Å². The number of nitrogens with two attached hydrogens (primary N) is 2. The lowest BCUT2D eigenvalue weighted by Crippen LogP contribution is -2.13. The zero-order valence-corrected chi connectivity index (χ0v) is 26.1. The highest BCUT2D eigenvalue weighted by molar-refractivity contribution is 5.84. The van der Waals surface area contributed by atoms with E-state index in [2.05, 4.69) is 155 Å². The number of fused-ring (bicyclic) bond motifs is 3. The average Bonchev–Trinajstić information content (AvgIpc) is 3.11. The molecule has 4 nitrogen and oxygen atoms in total. The number of hydrogen-bond donors (Lipinski definition) is 2. The van der Waals surface area contributed by atoms with Crippen molar-refractivity contribution in [1.82, 2.24) is 0 Å². The summed E-state index contributed by atoms with van der Waals surface area (Å²) < 4.78 is 0. The van der Waals surface area contributed by atoms with Gasteiger partial charge in [-0.2, -0.15) is 0 Å². The molecular weight excluding hydrogens is 560 g/mol. The Labute approximate surface area is 272 Å². The highest BCUT2D eigenvalue weighted by Crippen LogP contribution is 2.43. The quantitative estimate of drug-likeness (QED) is 0.164. The number of nitrogens with zero attached hydrogens (tertiary/aromatic N) is 2. The highest BCUT2D eigenvalue weighted by atomic mass is 15.1. The molecule has 0 saturated heterocycles. The van der Waals surface area contributed by atoms with Crippen LogP contribution in [-0.4, -0.2) is 13.1 Å². The summed E-state index contributed by atoms with van der Waals surface area (Å²) in [6.07, 6.45) is 3.76. The van der Waals surface area contributed by atoms with Crippen molar-refractivity contribution >= 4 is 34.1 Å². The Morgan fingerprint density at radius 1 is 0.391 bits per heavy atom. The third-order valence-electron chi connectivity index (χ3n) is 8.93. The number of rotatable bonds is 10. The smallest absolute Gasteiger partial charge is 0.0464 e. The normalized spacial score (nSPS) is 11.9. The molecule has 7 rings (SSSR count). The number of benzene rings is 6. The standard InChI is InChI=1S/C42H40N4/c43-27-25-31-11-17-37(18-12-31)45(35-7-3-1-4-8-35)39-21-23-41-33(29-39)15-16-34-30-40(22-24-42(34)41)46(36-9-5-2-6-10-36)38-19-13-32(14-20-38)26-28-44/h1-14,17-24,29-30H,15-16,25-28,43-44H2. The van der Waals surface area contributed by atoms with Gasteiger partial charge in [0.2, 0.25) is 0 Å². The molecule has 0 fully saturated rings. The Balaban J connectivity index is 1.24. The SMILES string of the molecule is NCCc1ccc(N(c2ccccc2)c2ccc3c(c2)CCc2cc(N(c4ccccc4)c4ccc(CCN)cc4)ccc2-3)cc1. The summed E-state index contributed by atoms with van der Waals surface area (Å²) in [7, 11) is 0. The minimum atomic E-state index is 0.655. The molecule has 0 atom stereocenters. The second kappa shape index (κ2) is 13.5. The third kappa shape index (κ3) is 6.05. The van der Waals surface area contributed by atoms with Gasteiger partial charge in [-0.1, -0.05) is 72.8 Å². The molecule has 46 heavy (non-hydrogen) atoms. The van der Waals surface area contributed by atoms with Gasteiger partial charge in [0.15, 0.2) is 0 Å². The van der Waals surface area contributed by atoms with Crippen LogP contribution in [0.15, 0.2) is 146 Å². The van der Waals surface area contributed by atoms with Crippen molar-refractivity contribution in [2.24, 2.45) is 11.5 Å². The second-order valence-electron chi connectivity index (χ2n) is 11.9. The van der Waals surface area contributed by atoms with Crippen LogP contribution in [0.5, 0.6) is 0 Å². The Morgan fingerprint density at radius 3 is 1.11 bits per heavy atom. The fourth-order valence-corrected chi connectivity index (χ4v) is 6.65. The van der Waals surface area contributed by atoms with Crippen molar-refractivity contribution in [3.63, 3.8) is 0 Å². The van der Waals surface area contributed by atoms with E-state index in [1.54, 1.807) is 0 Å². The van der Waals surface area contributed by atoms with Crippen LogP contribution in [0.1, 0.15) is 22.3 Å². The third-order valence-corrected chi connectivity index (χ3v) is 8.93. The average molecular weight is 601 g/mol. The molecule has 6 aromatic carbocycles. The first kappa shape index (κ1) is 29.5. The monoisotopic (exact) mass is 600 g/mol. The molecule has 0 aromatic heterocycles. The summed E-state index contributed by atoms with van der Waals surface area (Å²) in [4.78, 5) is 4.70. The maximum atomic E-state index is 5.81. The van der Waals surface area contributed by atoms with E-state index in [-0.39, 0.29) is 0 Å². The summed E-state index contributed by atoms with van der Waals surface area (Å²) in [6, 6.07) is 52.8. The first-order valence-electron chi connectivity index (χ1n) is 16.3. The molecule has 0 radical (unpaired) electrons. The van der Waals surface area contributed by atoms with Gasteiger partial charge in [-0.15, -0.1) is 0 Å². The van der Waals surface area contributed by atoms with Crippen molar-refractivity contribution in [1.29, 1.82) is 0 Å². The van der Waals surface area contributed by atoms with Crippen LogP contribution < -0.4 is 21.3 Å². The van der Waals surface area contributed by atoms with Crippen LogP contribution in [0.2, 0.25) is 0 Å². The minimum absolute atomic E-state index is 0.655. The van der Waals surface area contributed by atoms with Gasteiger partial charge in [0.25, 0.3) is 0 Å². The van der Waals surface area contributed by atoms with Crippen LogP contribution in [0.4, 0.5) is 34.1 Å². The molecule has 0 saturated carbocycles.